The number of hydrazine groups is 1. The fourth-order valence-electron chi connectivity index (χ4n) is 2.49. The summed E-state index contributed by atoms with van der Waals surface area (Å²) in [4.78, 5) is 11.4. The highest BCUT2D eigenvalue weighted by atomic mass is 16.2. The van der Waals surface area contributed by atoms with Gasteiger partial charge in [-0.25, -0.2) is 5.43 Å². The van der Waals surface area contributed by atoms with Crippen molar-refractivity contribution >= 4 is 5.91 Å². The smallest absolute Gasteiger partial charge is 0.238 e. The molecule has 1 amide bonds. The first-order valence-corrected chi connectivity index (χ1v) is 5.90. The number of rotatable bonds is 2. The molecule has 1 saturated heterocycles. The van der Waals surface area contributed by atoms with Crippen molar-refractivity contribution in [3.8, 4) is 0 Å². The largest absolute Gasteiger partial charge is 0.278 e. The standard InChI is InChI=1S/C11H20N2O/c14-11-7-8-12-13(11)9-10-5-3-1-2-4-6-10/h10,12H,1-9H2. The highest BCUT2D eigenvalue weighted by Crippen LogP contribution is 2.23. The van der Waals surface area contributed by atoms with Gasteiger partial charge in [-0.1, -0.05) is 25.7 Å². The van der Waals surface area contributed by atoms with E-state index in [-0.39, 0.29) is 5.91 Å². The second kappa shape index (κ2) is 4.78. The molecule has 2 rings (SSSR count). The van der Waals surface area contributed by atoms with Gasteiger partial charge < -0.3 is 0 Å². The molecule has 3 heteroatoms. The SMILES string of the molecule is O=C1CCNN1CC1CCCCCC1. The zero-order chi connectivity index (χ0) is 9.80. The third kappa shape index (κ3) is 2.47. The fourth-order valence-corrected chi connectivity index (χ4v) is 2.49. The number of nitrogens with one attached hydrogen (secondary N) is 1. The van der Waals surface area contributed by atoms with Crippen molar-refractivity contribution in [2.45, 2.75) is 44.9 Å². The summed E-state index contributed by atoms with van der Waals surface area (Å²) < 4.78 is 0. The van der Waals surface area contributed by atoms with Gasteiger partial charge in [-0.3, -0.25) is 9.80 Å². The van der Waals surface area contributed by atoms with Crippen molar-refractivity contribution < 1.29 is 4.79 Å². The van der Waals surface area contributed by atoms with Crippen LogP contribution in [0.3, 0.4) is 0 Å². The normalized spacial score (nSPS) is 25.4. The number of amides is 1. The van der Waals surface area contributed by atoms with Crippen LogP contribution in [-0.2, 0) is 4.79 Å². The van der Waals surface area contributed by atoms with Crippen molar-refractivity contribution in [3.63, 3.8) is 0 Å². The molecular weight excluding hydrogens is 176 g/mol. The first kappa shape index (κ1) is 9.97. The zero-order valence-electron chi connectivity index (χ0n) is 8.80. The van der Waals surface area contributed by atoms with E-state index in [2.05, 4.69) is 5.43 Å². The van der Waals surface area contributed by atoms with Gasteiger partial charge in [0.25, 0.3) is 0 Å². The van der Waals surface area contributed by atoms with Gasteiger partial charge in [-0.2, -0.15) is 0 Å². The van der Waals surface area contributed by atoms with Crippen molar-refractivity contribution in [3.05, 3.63) is 0 Å². The van der Waals surface area contributed by atoms with E-state index in [9.17, 15) is 4.79 Å². The van der Waals surface area contributed by atoms with E-state index in [0.717, 1.165) is 19.0 Å². The Morgan fingerprint density at radius 1 is 1.21 bits per heavy atom. The van der Waals surface area contributed by atoms with Crippen LogP contribution in [0.4, 0.5) is 0 Å². The molecule has 80 valence electrons. The molecule has 2 aliphatic rings. The van der Waals surface area contributed by atoms with Crippen LogP contribution in [0, 0.1) is 5.92 Å². The van der Waals surface area contributed by atoms with Crippen molar-refractivity contribution in [1.82, 2.24) is 10.4 Å². The van der Waals surface area contributed by atoms with Crippen LogP contribution in [0.2, 0.25) is 0 Å². The Hall–Kier alpha value is -0.570. The van der Waals surface area contributed by atoms with Gasteiger partial charge in [0, 0.05) is 19.5 Å². The predicted octanol–water partition coefficient (Wildman–Crippen LogP) is 1.69. The minimum Gasteiger partial charge on any atom is -0.278 e. The lowest BCUT2D eigenvalue weighted by Crippen LogP contribution is -2.38. The maximum Gasteiger partial charge on any atom is 0.238 e. The van der Waals surface area contributed by atoms with Gasteiger partial charge in [-0.05, 0) is 18.8 Å². The van der Waals surface area contributed by atoms with Gasteiger partial charge in [0.1, 0.15) is 0 Å². The van der Waals surface area contributed by atoms with Crippen LogP contribution in [0.25, 0.3) is 0 Å². The second-order valence-electron chi connectivity index (χ2n) is 4.52. The van der Waals surface area contributed by atoms with E-state index in [0.29, 0.717) is 6.42 Å². The molecule has 1 N–H and O–H groups in total. The molecule has 0 aromatic rings. The zero-order valence-corrected chi connectivity index (χ0v) is 8.80. The van der Waals surface area contributed by atoms with E-state index >= 15 is 0 Å². The van der Waals surface area contributed by atoms with Crippen LogP contribution in [0.5, 0.6) is 0 Å². The Bertz CT molecular complexity index is 197. The summed E-state index contributed by atoms with van der Waals surface area (Å²) in [6.07, 6.45) is 8.79. The third-order valence-electron chi connectivity index (χ3n) is 3.36. The van der Waals surface area contributed by atoms with Crippen molar-refractivity contribution in [2.24, 2.45) is 5.92 Å². The van der Waals surface area contributed by atoms with Gasteiger partial charge in [0.15, 0.2) is 0 Å². The molecule has 1 heterocycles. The average molecular weight is 196 g/mol. The van der Waals surface area contributed by atoms with Crippen LogP contribution in [0.1, 0.15) is 44.9 Å². The third-order valence-corrected chi connectivity index (χ3v) is 3.36. The number of hydrogen-bond donors (Lipinski definition) is 1. The lowest BCUT2D eigenvalue weighted by atomic mass is 10.0. The monoisotopic (exact) mass is 196 g/mol. The molecule has 0 radical (unpaired) electrons. The molecule has 1 aliphatic carbocycles. The number of nitrogens with zero attached hydrogens (tertiary/aromatic N) is 1. The Morgan fingerprint density at radius 2 is 1.93 bits per heavy atom. The molecule has 2 fully saturated rings. The first-order valence-electron chi connectivity index (χ1n) is 5.90. The molecule has 0 aromatic carbocycles. The maximum atomic E-state index is 11.4. The summed E-state index contributed by atoms with van der Waals surface area (Å²) in [7, 11) is 0. The molecular formula is C11H20N2O. The predicted molar refractivity (Wildman–Crippen MR) is 55.5 cm³/mol. The first-order chi connectivity index (χ1) is 6.86. The van der Waals surface area contributed by atoms with E-state index < -0.39 is 0 Å². The maximum absolute atomic E-state index is 11.4. The quantitative estimate of drug-likeness (QED) is 0.682. The minimum atomic E-state index is 0.286. The highest BCUT2D eigenvalue weighted by Gasteiger charge is 2.23. The fraction of sp³-hybridized carbons (Fsp3) is 0.909. The van der Waals surface area contributed by atoms with E-state index in [1.165, 1.54) is 38.5 Å². The number of carbonyl (C=O) groups is 1. The minimum absolute atomic E-state index is 0.286. The second-order valence-corrected chi connectivity index (χ2v) is 4.52. The molecule has 0 atom stereocenters. The van der Waals surface area contributed by atoms with E-state index in [1.54, 1.807) is 0 Å². The Labute approximate surface area is 85.8 Å². The van der Waals surface area contributed by atoms with Gasteiger partial charge in [0.05, 0.1) is 0 Å². The van der Waals surface area contributed by atoms with Gasteiger partial charge in [-0.15, -0.1) is 0 Å². The lowest BCUT2D eigenvalue weighted by molar-refractivity contribution is -0.130. The highest BCUT2D eigenvalue weighted by molar-refractivity contribution is 5.77. The summed E-state index contributed by atoms with van der Waals surface area (Å²) in [6, 6.07) is 0. The Balaban J connectivity index is 1.80. The summed E-state index contributed by atoms with van der Waals surface area (Å²) >= 11 is 0. The van der Waals surface area contributed by atoms with Crippen molar-refractivity contribution in [1.29, 1.82) is 0 Å². The molecule has 0 bridgehead atoms. The summed E-state index contributed by atoms with van der Waals surface area (Å²) in [5.41, 5.74) is 3.16. The lowest BCUT2D eigenvalue weighted by Gasteiger charge is -2.22. The van der Waals surface area contributed by atoms with Gasteiger partial charge >= 0.3 is 0 Å². The number of hydrogen-bond acceptors (Lipinski definition) is 2. The topological polar surface area (TPSA) is 32.3 Å². The molecule has 0 aromatic heterocycles. The summed E-state index contributed by atoms with van der Waals surface area (Å²) in [6.45, 7) is 1.78. The van der Waals surface area contributed by atoms with Gasteiger partial charge in [0.2, 0.25) is 5.91 Å². The van der Waals surface area contributed by atoms with Crippen molar-refractivity contribution in [2.75, 3.05) is 13.1 Å². The molecule has 1 aliphatic heterocycles. The molecule has 0 unspecified atom stereocenters. The Morgan fingerprint density at radius 3 is 2.50 bits per heavy atom. The van der Waals surface area contributed by atoms with Crippen LogP contribution < -0.4 is 5.43 Å². The van der Waals surface area contributed by atoms with Crippen LogP contribution in [0.15, 0.2) is 0 Å². The molecule has 14 heavy (non-hydrogen) atoms. The molecule has 3 nitrogen and oxygen atoms in total. The number of carbonyl (C=O) groups excluding carboxylic acids is 1. The molecule has 0 spiro atoms. The van der Waals surface area contributed by atoms with Crippen LogP contribution in [-0.4, -0.2) is 24.0 Å². The van der Waals surface area contributed by atoms with E-state index in [4.69, 9.17) is 0 Å². The summed E-state index contributed by atoms with van der Waals surface area (Å²) in [5, 5.41) is 1.84. The Kier molecular flexibility index (Phi) is 3.40. The average Bonchev–Trinajstić information content (AvgIpc) is 2.44. The van der Waals surface area contributed by atoms with Crippen LogP contribution >= 0.6 is 0 Å². The van der Waals surface area contributed by atoms with E-state index in [1.807, 2.05) is 5.01 Å². The summed E-state index contributed by atoms with van der Waals surface area (Å²) in [5.74, 6) is 1.03. The molecule has 1 saturated carbocycles.